The Morgan fingerprint density at radius 3 is 2.32 bits per heavy atom. The number of pyridine rings is 1. The summed E-state index contributed by atoms with van der Waals surface area (Å²) >= 11 is 0. The summed E-state index contributed by atoms with van der Waals surface area (Å²) in [5, 5.41) is 4.23. The van der Waals surface area contributed by atoms with Crippen molar-refractivity contribution in [1.29, 1.82) is 0 Å². The van der Waals surface area contributed by atoms with E-state index in [1.54, 1.807) is 22.6 Å². The van der Waals surface area contributed by atoms with Crippen LogP contribution in [0.25, 0.3) is 22.2 Å². The zero-order chi connectivity index (χ0) is 28.5. The van der Waals surface area contributed by atoms with Crippen LogP contribution >= 0.6 is 0 Å². The molecular weight excluding hydrogens is 516 g/mol. The number of nitrogens with one attached hydrogen (secondary N) is 1. The van der Waals surface area contributed by atoms with Gasteiger partial charge in [0.15, 0.2) is 0 Å². The summed E-state index contributed by atoms with van der Waals surface area (Å²) in [4.78, 5) is 52.2. The SMILES string of the molecule is CC(=O)N1CC[C@H](n2c(=O)c(-c3ccccc3C)cc3cnc(NC4CCN(C(=O)c5ccccc5)CC4)nc32)C1. The number of nitrogens with zero attached hydrogens (tertiary/aromatic N) is 5. The van der Waals surface area contributed by atoms with E-state index in [1.807, 2.05) is 72.5 Å². The van der Waals surface area contributed by atoms with E-state index in [0.29, 0.717) is 55.3 Å². The molecule has 2 aliphatic heterocycles. The molecule has 2 saturated heterocycles. The van der Waals surface area contributed by atoms with Gasteiger partial charge >= 0.3 is 0 Å². The van der Waals surface area contributed by atoms with Gasteiger partial charge in [-0.2, -0.15) is 4.98 Å². The van der Waals surface area contributed by atoms with Crippen molar-refractivity contribution in [2.75, 3.05) is 31.5 Å². The number of hydrogen-bond acceptors (Lipinski definition) is 6. The van der Waals surface area contributed by atoms with Crippen LogP contribution in [0.15, 0.2) is 71.7 Å². The fourth-order valence-electron chi connectivity index (χ4n) is 6.01. The highest BCUT2D eigenvalue weighted by molar-refractivity contribution is 5.94. The minimum Gasteiger partial charge on any atom is -0.351 e. The fourth-order valence-corrected chi connectivity index (χ4v) is 6.01. The topological polar surface area (TPSA) is 100 Å². The molecule has 0 saturated carbocycles. The molecule has 0 bridgehead atoms. The molecule has 4 heterocycles. The second-order valence-corrected chi connectivity index (χ2v) is 11.0. The Bertz CT molecular complexity index is 1660. The summed E-state index contributed by atoms with van der Waals surface area (Å²) in [6.45, 7) is 5.94. The summed E-state index contributed by atoms with van der Waals surface area (Å²) in [5.74, 6) is 0.521. The van der Waals surface area contributed by atoms with E-state index in [1.165, 1.54) is 0 Å². The highest BCUT2D eigenvalue weighted by Gasteiger charge is 2.29. The number of benzene rings is 2. The fraction of sp³-hybridized carbons (Fsp3) is 0.344. The summed E-state index contributed by atoms with van der Waals surface area (Å²) in [6.07, 6.45) is 4.00. The first-order valence-corrected chi connectivity index (χ1v) is 14.2. The van der Waals surface area contributed by atoms with Crippen molar-refractivity contribution >= 4 is 28.8 Å². The van der Waals surface area contributed by atoms with E-state index >= 15 is 0 Å². The number of anilines is 1. The number of likely N-dealkylation sites (tertiary alicyclic amines) is 2. The Kier molecular flexibility index (Phi) is 7.26. The second kappa shape index (κ2) is 11.2. The number of rotatable bonds is 5. The third-order valence-corrected chi connectivity index (χ3v) is 8.32. The maximum atomic E-state index is 14.1. The van der Waals surface area contributed by atoms with Crippen LogP contribution in [-0.4, -0.2) is 68.4 Å². The predicted octanol–water partition coefficient (Wildman–Crippen LogP) is 4.28. The first-order valence-electron chi connectivity index (χ1n) is 14.2. The molecule has 9 nitrogen and oxygen atoms in total. The van der Waals surface area contributed by atoms with E-state index in [9.17, 15) is 14.4 Å². The number of aryl methyl sites for hydroxylation is 1. The molecule has 2 aliphatic rings. The molecule has 2 aromatic carbocycles. The molecule has 6 rings (SSSR count). The van der Waals surface area contributed by atoms with Gasteiger partial charge in [-0.15, -0.1) is 0 Å². The van der Waals surface area contributed by atoms with Crippen LogP contribution in [0.5, 0.6) is 0 Å². The summed E-state index contributed by atoms with van der Waals surface area (Å²) in [5.41, 5.74) is 3.67. The molecule has 2 amide bonds. The third-order valence-electron chi connectivity index (χ3n) is 8.32. The van der Waals surface area contributed by atoms with E-state index < -0.39 is 0 Å². The van der Waals surface area contributed by atoms with Gasteiger partial charge in [0.05, 0.1) is 6.04 Å². The van der Waals surface area contributed by atoms with Crippen LogP contribution in [0.2, 0.25) is 0 Å². The van der Waals surface area contributed by atoms with Crippen molar-refractivity contribution in [3.05, 3.63) is 88.3 Å². The Morgan fingerprint density at radius 2 is 1.61 bits per heavy atom. The Morgan fingerprint density at radius 1 is 0.902 bits per heavy atom. The number of piperidine rings is 1. The van der Waals surface area contributed by atoms with Crippen LogP contribution < -0.4 is 10.9 Å². The lowest BCUT2D eigenvalue weighted by molar-refractivity contribution is -0.127. The molecule has 9 heteroatoms. The van der Waals surface area contributed by atoms with E-state index in [-0.39, 0.29) is 29.5 Å². The van der Waals surface area contributed by atoms with Crippen molar-refractivity contribution in [1.82, 2.24) is 24.3 Å². The molecule has 1 N–H and O–H groups in total. The van der Waals surface area contributed by atoms with Crippen molar-refractivity contribution < 1.29 is 9.59 Å². The van der Waals surface area contributed by atoms with Crippen LogP contribution in [0.1, 0.15) is 48.1 Å². The first-order chi connectivity index (χ1) is 19.9. The van der Waals surface area contributed by atoms with Crippen molar-refractivity contribution in [3.8, 4) is 11.1 Å². The van der Waals surface area contributed by atoms with Gasteiger partial charge in [-0.1, -0.05) is 42.5 Å². The standard InChI is InChI=1S/C32H34N6O3/c1-21-8-6-7-11-27(21)28-18-24-19-33-32(35-29(24)38(31(28)41)26-14-17-37(20-26)22(2)39)34-25-12-15-36(16-13-25)30(40)23-9-4-3-5-10-23/h3-11,18-19,25-26H,12-17,20H2,1-2H3,(H,33,34,35)/t26-/m0/s1. The number of carbonyl (C=O) groups excluding carboxylic acids is 2. The van der Waals surface area contributed by atoms with Crippen LogP contribution in [0.4, 0.5) is 5.95 Å². The second-order valence-electron chi connectivity index (χ2n) is 11.0. The lowest BCUT2D eigenvalue weighted by atomic mass is 10.0. The number of carbonyl (C=O) groups is 2. The molecule has 210 valence electrons. The predicted molar refractivity (Wildman–Crippen MR) is 159 cm³/mol. The van der Waals surface area contributed by atoms with Crippen LogP contribution in [-0.2, 0) is 4.79 Å². The van der Waals surface area contributed by atoms with Gasteiger partial charge in [0.1, 0.15) is 5.65 Å². The summed E-state index contributed by atoms with van der Waals surface area (Å²) < 4.78 is 1.77. The lowest BCUT2D eigenvalue weighted by Crippen LogP contribution is -2.42. The summed E-state index contributed by atoms with van der Waals surface area (Å²) in [6, 6.07) is 19.0. The molecule has 1 atom stereocenters. The molecule has 0 unspecified atom stereocenters. The molecule has 2 aromatic heterocycles. The number of amides is 2. The minimum absolute atomic E-state index is 0.00832. The van der Waals surface area contributed by atoms with Gasteiger partial charge < -0.3 is 15.1 Å². The maximum Gasteiger partial charge on any atom is 0.260 e. The third kappa shape index (κ3) is 5.31. The average molecular weight is 551 g/mol. The van der Waals surface area contributed by atoms with Crippen LogP contribution in [0, 0.1) is 6.92 Å². The van der Waals surface area contributed by atoms with E-state index in [2.05, 4.69) is 10.3 Å². The molecule has 41 heavy (non-hydrogen) atoms. The van der Waals surface area contributed by atoms with Crippen molar-refractivity contribution in [2.45, 2.75) is 45.2 Å². The molecule has 0 radical (unpaired) electrons. The molecular formula is C32H34N6O3. The normalized spacial score (nSPS) is 17.7. The van der Waals surface area contributed by atoms with Gasteiger partial charge in [-0.25, -0.2) is 4.98 Å². The maximum absolute atomic E-state index is 14.1. The van der Waals surface area contributed by atoms with Crippen LogP contribution in [0.3, 0.4) is 0 Å². The number of hydrogen-bond donors (Lipinski definition) is 1. The molecule has 0 spiro atoms. The number of fused-ring (bicyclic) bond motifs is 1. The monoisotopic (exact) mass is 550 g/mol. The summed E-state index contributed by atoms with van der Waals surface area (Å²) in [7, 11) is 0. The van der Waals surface area contributed by atoms with E-state index in [0.717, 1.165) is 29.4 Å². The molecule has 4 aromatic rings. The molecule has 0 aliphatic carbocycles. The van der Waals surface area contributed by atoms with E-state index in [4.69, 9.17) is 4.98 Å². The van der Waals surface area contributed by atoms with Gasteiger partial charge in [-0.05, 0) is 55.5 Å². The highest BCUT2D eigenvalue weighted by atomic mass is 16.2. The zero-order valence-corrected chi connectivity index (χ0v) is 23.4. The van der Waals surface area contributed by atoms with Gasteiger partial charge in [0.25, 0.3) is 11.5 Å². The van der Waals surface area contributed by atoms with Crippen molar-refractivity contribution in [3.63, 3.8) is 0 Å². The highest BCUT2D eigenvalue weighted by Crippen LogP contribution is 2.29. The average Bonchev–Trinajstić information content (AvgIpc) is 3.48. The quantitative estimate of drug-likeness (QED) is 0.398. The van der Waals surface area contributed by atoms with Gasteiger partial charge in [0.2, 0.25) is 11.9 Å². The van der Waals surface area contributed by atoms with Crippen molar-refractivity contribution in [2.24, 2.45) is 0 Å². The van der Waals surface area contributed by atoms with Gasteiger partial charge in [0, 0.05) is 61.9 Å². The molecule has 2 fully saturated rings. The minimum atomic E-state index is -0.173. The lowest BCUT2D eigenvalue weighted by Gasteiger charge is -2.32. The first kappa shape index (κ1) is 26.7. The largest absolute Gasteiger partial charge is 0.351 e. The Hall–Kier alpha value is -4.53. The Balaban J connectivity index is 1.29. The smallest absolute Gasteiger partial charge is 0.260 e. The Labute approximate surface area is 238 Å². The van der Waals surface area contributed by atoms with Gasteiger partial charge in [-0.3, -0.25) is 19.0 Å². The number of aromatic nitrogens is 3. The zero-order valence-electron chi connectivity index (χ0n) is 23.4.